The number of carbonyl (C=O) groups excluding carboxylic acids is 5. The topological polar surface area (TPSA) is 257 Å². The second kappa shape index (κ2) is 19.9. The molecule has 0 saturated carbocycles. The van der Waals surface area contributed by atoms with Crippen molar-refractivity contribution in [2.24, 2.45) is 0 Å². The third-order valence-corrected chi connectivity index (χ3v) is 6.00. The number of amides is 4. The van der Waals surface area contributed by atoms with E-state index in [1.807, 2.05) is 0 Å². The van der Waals surface area contributed by atoms with E-state index in [4.69, 9.17) is 5.11 Å². The molecule has 232 valence electrons. The molecule has 16 heteroatoms. The Hall–Kier alpha value is -4.08. The molecule has 0 aliphatic heterocycles. The van der Waals surface area contributed by atoms with E-state index in [2.05, 4.69) is 26.6 Å². The van der Waals surface area contributed by atoms with Crippen LogP contribution >= 0.6 is 0 Å². The largest absolute Gasteiger partial charge is 0.480 e. The number of rotatable bonds is 22. The summed E-state index contributed by atoms with van der Waals surface area (Å²) >= 11 is 0. The van der Waals surface area contributed by atoms with E-state index in [9.17, 15) is 48.6 Å². The average molecular weight is 588 g/mol. The summed E-state index contributed by atoms with van der Waals surface area (Å²) in [7, 11) is 1.69. The highest BCUT2D eigenvalue weighted by Crippen LogP contribution is 2.05. The molecule has 0 saturated heterocycles. The first-order valence-electron chi connectivity index (χ1n) is 13.2. The van der Waals surface area contributed by atoms with E-state index in [-0.39, 0.29) is 37.5 Å². The second-order valence-electron chi connectivity index (χ2n) is 9.42. The molecule has 4 atom stereocenters. The molecule has 4 amide bonds. The van der Waals surface area contributed by atoms with E-state index in [0.29, 0.717) is 25.8 Å². The maximum absolute atomic E-state index is 12.3. The van der Waals surface area contributed by atoms with Gasteiger partial charge in [-0.3, -0.25) is 24.0 Å². The molecule has 0 fully saturated rings. The number of unbranched alkanes of at least 4 members (excludes halogenated alkanes) is 1. The standard InChI is InChI=1S/C25H41N5O11/c1-14(31)16(26-3)6-4-5-13-27-20(33)10-7-18(24(38)39)29-22(35)12-9-19(25(40)41)30-21(34)11-8-17(23(36)37)28-15(2)32/h16-19,26H,4-13H2,1-3H3,(H,27,33)(H,28,32)(H,29,35)(H,30,34)(H,36,37)(H,38,39)(H,40,41). The Labute approximate surface area is 237 Å². The molecule has 41 heavy (non-hydrogen) atoms. The van der Waals surface area contributed by atoms with Gasteiger partial charge in [-0.15, -0.1) is 0 Å². The van der Waals surface area contributed by atoms with Crippen LogP contribution in [-0.4, -0.2) is 100 Å². The summed E-state index contributed by atoms with van der Waals surface area (Å²) in [6, 6.07) is -4.50. The summed E-state index contributed by atoms with van der Waals surface area (Å²) in [6.45, 7) is 2.93. The van der Waals surface area contributed by atoms with Crippen LogP contribution < -0.4 is 26.6 Å². The van der Waals surface area contributed by atoms with Crippen LogP contribution in [0.1, 0.15) is 71.6 Å². The summed E-state index contributed by atoms with van der Waals surface area (Å²) in [5, 5.41) is 39.9. The number of carboxylic acid groups (broad SMARTS) is 3. The first kappa shape index (κ1) is 36.9. The Kier molecular flexibility index (Phi) is 17.9. The quantitative estimate of drug-likeness (QED) is 0.0675. The zero-order valence-electron chi connectivity index (χ0n) is 23.5. The predicted octanol–water partition coefficient (Wildman–Crippen LogP) is -1.48. The van der Waals surface area contributed by atoms with E-state index < -0.39 is 72.5 Å². The minimum atomic E-state index is -1.51. The van der Waals surface area contributed by atoms with Crippen LogP contribution in [0.25, 0.3) is 0 Å². The molecule has 0 aliphatic carbocycles. The Bertz CT molecular complexity index is 956. The van der Waals surface area contributed by atoms with E-state index in [0.717, 1.165) is 6.92 Å². The van der Waals surface area contributed by atoms with Crippen molar-refractivity contribution >= 4 is 47.3 Å². The smallest absolute Gasteiger partial charge is 0.326 e. The molecule has 0 radical (unpaired) electrons. The Balaban J connectivity index is 4.60. The summed E-state index contributed by atoms with van der Waals surface area (Å²) in [4.78, 5) is 93.0. The van der Waals surface area contributed by atoms with Crippen molar-refractivity contribution < 1.29 is 53.7 Å². The zero-order valence-corrected chi connectivity index (χ0v) is 23.5. The molecule has 16 nitrogen and oxygen atoms in total. The van der Waals surface area contributed by atoms with Crippen LogP contribution in [0.5, 0.6) is 0 Å². The Morgan fingerprint density at radius 2 is 0.976 bits per heavy atom. The van der Waals surface area contributed by atoms with Crippen LogP contribution in [0, 0.1) is 0 Å². The van der Waals surface area contributed by atoms with Gasteiger partial charge >= 0.3 is 17.9 Å². The van der Waals surface area contributed by atoms with Gasteiger partial charge in [-0.2, -0.15) is 0 Å². The number of ketones is 1. The van der Waals surface area contributed by atoms with Gasteiger partial charge in [0.15, 0.2) is 0 Å². The lowest BCUT2D eigenvalue weighted by atomic mass is 10.1. The van der Waals surface area contributed by atoms with Crippen LogP contribution in [0.15, 0.2) is 0 Å². The second-order valence-corrected chi connectivity index (χ2v) is 9.42. The van der Waals surface area contributed by atoms with Gasteiger partial charge < -0.3 is 41.9 Å². The number of carbonyl (C=O) groups is 8. The molecule has 8 N–H and O–H groups in total. The fraction of sp³-hybridized carbons (Fsp3) is 0.680. The molecule has 0 spiro atoms. The lowest BCUT2D eigenvalue weighted by Gasteiger charge is -2.18. The van der Waals surface area contributed by atoms with Crippen molar-refractivity contribution in [3.05, 3.63) is 0 Å². The molecule has 0 bridgehead atoms. The molecular formula is C25H41N5O11. The predicted molar refractivity (Wildman–Crippen MR) is 142 cm³/mol. The number of aliphatic carboxylic acids is 3. The van der Waals surface area contributed by atoms with Gasteiger partial charge in [0.2, 0.25) is 23.6 Å². The fourth-order valence-corrected chi connectivity index (χ4v) is 3.72. The fourth-order valence-electron chi connectivity index (χ4n) is 3.72. The molecule has 0 rings (SSSR count). The number of likely N-dealkylation sites (N-methyl/N-ethyl adjacent to an activating group) is 1. The lowest BCUT2D eigenvalue weighted by Crippen LogP contribution is -2.45. The number of hydrogen-bond donors (Lipinski definition) is 8. The molecule has 0 aromatic carbocycles. The zero-order chi connectivity index (χ0) is 31.5. The van der Waals surface area contributed by atoms with Gasteiger partial charge in [-0.25, -0.2) is 14.4 Å². The van der Waals surface area contributed by atoms with Gasteiger partial charge in [0.05, 0.1) is 6.04 Å². The van der Waals surface area contributed by atoms with Crippen molar-refractivity contribution in [2.45, 2.75) is 95.8 Å². The van der Waals surface area contributed by atoms with Crippen LogP contribution in [0.3, 0.4) is 0 Å². The first-order chi connectivity index (χ1) is 19.2. The molecule has 4 unspecified atom stereocenters. The Morgan fingerprint density at radius 3 is 1.34 bits per heavy atom. The molecular weight excluding hydrogens is 546 g/mol. The number of hydrogen-bond acceptors (Lipinski definition) is 9. The van der Waals surface area contributed by atoms with Gasteiger partial charge in [0, 0.05) is 32.7 Å². The first-order valence-corrected chi connectivity index (χ1v) is 13.2. The molecule has 0 aromatic rings. The van der Waals surface area contributed by atoms with Crippen LogP contribution in [0.4, 0.5) is 0 Å². The highest BCUT2D eigenvalue weighted by atomic mass is 16.4. The lowest BCUT2D eigenvalue weighted by molar-refractivity contribution is -0.144. The molecule has 0 aliphatic rings. The monoisotopic (exact) mass is 587 g/mol. The number of nitrogens with one attached hydrogen (secondary N) is 5. The van der Waals surface area contributed by atoms with Gasteiger partial charge in [0.25, 0.3) is 0 Å². The van der Waals surface area contributed by atoms with Crippen molar-refractivity contribution in [1.29, 1.82) is 0 Å². The molecule has 0 heterocycles. The Morgan fingerprint density at radius 1 is 0.561 bits per heavy atom. The third kappa shape index (κ3) is 17.3. The van der Waals surface area contributed by atoms with E-state index in [1.54, 1.807) is 7.05 Å². The minimum Gasteiger partial charge on any atom is -0.480 e. The minimum absolute atomic E-state index is 0.0208. The summed E-state index contributed by atoms with van der Waals surface area (Å²) in [5.41, 5.74) is 0. The normalized spacial score (nSPS) is 13.5. The highest BCUT2D eigenvalue weighted by molar-refractivity contribution is 5.87. The van der Waals surface area contributed by atoms with Gasteiger partial charge in [0.1, 0.15) is 23.9 Å². The maximum atomic E-state index is 12.3. The van der Waals surface area contributed by atoms with E-state index >= 15 is 0 Å². The van der Waals surface area contributed by atoms with Crippen molar-refractivity contribution in [2.75, 3.05) is 13.6 Å². The van der Waals surface area contributed by atoms with Crippen molar-refractivity contribution in [3.63, 3.8) is 0 Å². The van der Waals surface area contributed by atoms with Crippen molar-refractivity contribution in [1.82, 2.24) is 26.6 Å². The van der Waals surface area contributed by atoms with Crippen LogP contribution in [-0.2, 0) is 38.4 Å². The average Bonchev–Trinajstić information content (AvgIpc) is 2.87. The van der Waals surface area contributed by atoms with Crippen LogP contribution in [0.2, 0.25) is 0 Å². The van der Waals surface area contributed by atoms with Gasteiger partial charge in [-0.1, -0.05) is 0 Å². The summed E-state index contributed by atoms with van der Waals surface area (Å²) in [5.74, 6) is -6.85. The maximum Gasteiger partial charge on any atom is 0.326 e. The summed E-state index contributed by atoms with van der Waals surface area (Å²) < 4.78 is 0. The molecule has 0 aromatic heterocycles. The highest BCUT2D eigenvalue weighted by Gasteiger charge is 2.25. The van der Waals surface area contributed by atoms with E-state index in [1.165, 1.54) is 6.92 Å². The third-order valence-electron chi connectivity index (χ3n) is 6.00. The summed E-state index contributed by atoms with van der Waals surface area (Å²) in [6.07, 6.45) is -0.0143. The number of carboxylic acids is 3. The SMILES string of the molecule is CNC(CCCCNC(=O)CCC(NC(=O)CCC(NC(=O)CCC(NC(C)=O)C(=O)O)C(=O)O)C(=O)O)C(C)=O. The number of Topliss-reactive ketones (excluding diaryl/α,β-unsaturated/α-hetero) is 1. The van der Waals surface area contributed by atoms with Gasteiger partial charge in [-0.05, 0) is 52.5 Å². The van der Waals surface area contributed by atoms with Crippen molar-refractivity contribution in [3.8, 4) is 0 Å².